The van der Waals surface area contributed by atoms with Crippen LogP contribution in [-0.4, -0.2) is 54.3 Å². The molecule has 146 valence electrons. The van der Waals surface area contributed by atoms with Gasteiger partial charge in [-0.15, -0.1) is 0 Å². The molecule has 3 aliphatic heterocycles. The lowest BCUT2D eigenvalue weighted by atomic mass is 10.00. The molecule has 28 heavy (non-hydrogen) atoms. The maximum atomic E-state index is 13.2. The number of benzene rings is 1. The molecule has 9 heteroatoms. The van der Waals surface area contributed by atoms with Gasteiger partial charge in [-0.05, 0) is 42.5 Å². The summed E-state index contributed by atoms with van der Waals surface area (Å²) in [5.74, 6) is 0.531. The maximum absolute atomic E-state index is 13.2. The predicted octanol–water partition coefficient (Wildman–Crippen LogP) is 1.15. The van der Waals surface area contributed by atoms with Crippen molar-refractivity contribution in [2.45, 2.75) is 36.7 Å². The Morgan fingerprint density at radius 2 is 1.89 bits per heavy atom. The van der Waals surface area contributed by atoms with Crippen molar-refractivity contribution in [2.75, 3.05) is 24.5 Å². The number of hydrogen-bond donors (Lipinski definition) is 0. The number of sulfonamides is 1. The van der Waals surface area contributed by atoms with Gasteiger partial charge in [-0.2, -0.15) is 4.31 Å². The number of hydrogen-bond acceptors (Lipinski definition) is 6. The van der Waals surface area contributed by atoms with Gasteiger partial charge in [0.2, 0.25) is 21.8 Å². The van der Waals surface area contributed by atoms with Crippen LogP contribution in [0.4, 0.5) is 5.69 Å². The number of carbonyl (C=O) groups is 1. The molecule has 0 bridgehead atoms. The van der Waals surface area contributed by atoms with Crippen LogP contribution in [-0.2, 0) is 27.7 Å². The third-order valence-electron chi connectivity index (χ3n) is 5.60. The van der Waals surface area contributed by atoms with Gasteiger partial charge < -0.3 is 9.64 Å². The lowest BCUT2D eigenvalue weighted by Crippen LogP contribution is -2.33. The van der Waals surface area contributed by atoms with Crippen LogP contribution in [0.25, 0.3) is 0 Å². The molecule has 3 aliphatic rings. The van der Waals surface area contributed by atoms with Crippen LogP contribution in [0.2, 0.25) is 0 Å². The van der Waals surface area contributed by atoms with Crippen molar-refractivity contribution in [2.24, 2.45) is 0 Å². The third-order valence-corrected chi connectivity index (χ3v) is 7.44. The minimum Gasteiger partial charge on any atom is -0.472 e. The highest BCUT2D eigenvalue weighted by molar-refractivity contribution is 7.89. The van der Waals surface area contributed by atoms with E-state index in [9.17, 15) is 13.2 Å². The Balaban J connectivity index is 1.39. The molecule has 8 nitrogen and oxygen atoms in total. The molecule has 5 rings (SSSR count). The van der Waals surface area contributed by atoms with Crippen molar-refractivity contribution in [3.63, 3.8) is 0 Å². The van der Waals surface area contributed by atoms with Gasteiger partial charge in [-0.3, -0.25) is 9.78 Å². The van der Waals surface area contributed by atoms with Crippen molar-refractivity contribution >= 4 is 21.6 Å². The number of ether oxygens (including phenoxy) is 1. The van der Waals surface area contributed by atoms with Gasteiger partial charge in [-0.1, -0.05) is 0 Å². The summed E-state index contributed by atoms with van der Waals surface area (Å²) in [6, 6.07) is 3.49. The molecule has 0 radical (unpaired) electrons. The zero-order valence-corrected chi connectivity index (χ0v) is 16.1. The van der Waals surface area contributed by atoms with Gasteiger partial charge in [0.05, 0.1) is 23.3 Å². The summed E-state index contributed by atoms with van der Waals surface area (Å²) in [6.45, 7) is 1.34. The Morgan fingerprint density at radius 1 is 1.07 bits per heavy atom. The fourth-order valence-electron chi connectivity index (χ4n) is 4.25. The number of anilines is 1. The van der Waals surface area contributed by atoms with E-state index in [1.807, 2.05) is 0 Å². The smallest absolute Gasteiger partial charge is 0.243 e. The molecular weight excluding hydrogens is 380 g/mol. The van der Waals surface area contributed by atoms with Gasteiger partial charge >= 0.3 is 0 Å². The van der Waals surface area contributed by atoms with E-state index in [1.165, 1.54) is 10.5 Å². The van der Waals surface area contributed by atoms with Crippen molar-refractivity contribution < 1.29 is 17.9 Å². The maximum Gasteiger partial charge on any atom is 0.243 e. The van der Waals surface area contributed by atoms with Crippen molar-refractivity contribution in [1.82, 2.24) is 14.3 Å². The topological polar surface area (TPSA) is 92.7 Å². The quantitative estimate of drug-likeness (QED) is 0.765. The fraction of sp³-hybridized carbons (Fsp3) is 0.421. The Kier molecular flexibility index (Phi) is 4.09. The first-order valence-electron chi connectivity index (χ1n) is 9.41. The third kappa shape index (κ3) is 2.85. The summed E-state index contributed by atoms with van der Waals surface area (Å²) in [7, 11) is -3.61. The van der Waals surface area contributed by atoms with Crippen LogP contribution >= 0.6 is 0 Å². The molecule has 0 spiro atoms. The molecule has 4 heterocycles. The highest BCUT2D eigenvalue weighted by atomic mass is 32.2. The number of aromatic nitrogens is 2. The molecule has 1 fully saturated rings. The number of aryl methyl sites for hydroxylation is 1. The number of nitrogens with zero attached hydrogens (tertiary/aromatic N) is 4. The molecule has 0 N–H and O–H groups in total. The van der Waals surface area contributed by atoms with E-state index in [0.29, 0.717) is 49.5 Å². The Morgan fingerprint density at radius 3 is 2.68 bits per heavy atom. The molecule has 1 aromatic heterocycles. The highest BCUT2D eigenvalue weighted by Gasteiger charge is 2.37. The molecule has 2 aromatic rings. The standard InChI is InChI=1S/C19H20N4O4S/c24-18-2-1-13-9-16(10-14-3-8-23(18)19(13)14)28(25,26)22-7-4-15(12-22)27-17-11-20-5-6-21-17/h5-6,9-11,15H,1-4,7-8,12H2. The summed E-state index contributed by atoms with van der Waals surface area (Å²) in [5, 5.41) is 0. The second-order valence-corrected chi connectivity index (χ2v) is 9.26. The summed E-state index contributed by atoms with van der Waals surface area (Å²) in [4.78, 5) is 22.2. The average Bonchev–Trinajstić information content (AvgIpc) is 3.34. The molecular formula is C19H20N4O4S. The fourth-order valence-corrected chi connectivity index (χ4v) is 5.84. The minimum absolute atomic E-state index is 0.130. The van der Waals surface area contributed by atoms with Crippen LogP contribution < -0.4 is 9.64 Å². The Hall–Kier alpha value is -2.52. The van der Waals surface area contributed by atoms with Crippen molar-refractivity contribution in [3.05, 3.63) is 41.9 Å². The first-order valence-corrected chi connectivity index (χ1v) is 10.9. The first kappa shape index (κ1) is 17.6. The van der Waals surface area contributed by atoms with E-state index in [0.717, 1.165) is 16.8 Å². The zero-order valence-electron chi connectivity index (χ0n) is 15.2. The van der Waals surface area contributed by atoms with Gasteiger partial charge in [0.1, 0.15) is 6.10 Å². The van der Waals surface area contributed by atoms with E-state index >= 15 is 0 Å². The van der Waals surface area contributed by atoms with E-state index in [4.69, 9.17) is 4.74 Å². The Labute approximate surface area is 163 Å². The summed E-state index contributed by atoms with van der Waals surface area (Å²) in [5.41, 5.74) is 2.84. The SMILES string of the molecule is O=C1CCc2cc(S(=O)(=O)N3CCC(Oc4cnccn4)C3)cc3c2N1CC3. The van der Waals surface area contributed by atoms with Crippen molar-refractivity contribution in [1.29, 1.82) is 0 Å². The zero-order chi connectivity index (χ0) is 19.3. The van der Waals surface area contributed by atoms with E-state index in [1.54, 1.807) is 29.4 Å². The van der Waals surface area contributed by atoms with E-state index < -0.39 is 10.0 Å². The van der Waals surface area contributed by atoms with Crippen molar-refractivity contribution in [3.8, 4) is 5.88 Å². The summed E-state index contributed by atoms with van der Waals surface area (Å²) < 4.78 is 33.7. The number of amides is 1. The van der Waals surface area contributed by atoms with E-state index in [2.05, 4.69) is 9.97 Å². The molecule has 1 unspecified atom stereocenters. The van der Waals surface area contributed by atoms with Crippen LogP contribution in [0.1, 0.15) is 24.0 Å². The first-order chi connectivity index (χ1) is 13.5. The van der Waals surface area contributed by atoms with Crippen LogP contribution in [0.5, 0.6) is 5.88 Å². The second kappa shape index (κ2) is 6.52. The lowest BCUT2D eigenvalue weighted by Gasteiger charge is -2.26. The van der Waals surface area contributed by atoms with Crippen LogP contribution in [0.3, 0.4) is 0 Å². The van der Waals surface area contributed by atoms with E-state index in [-0.39, 0.29) is 18.6 Å². The van der Waals surface area contributed by atoms with Gasteiger partial charge in [0, 0.05) is 31.9 Å². The monoisotopic (exact) mass is 400 g/mol. The van der Waals surface area contributed by atoms with Gasteiger partial charge in [0.15, 0.2) is 0 Å². The predicted molar refractivity (Wildman–Crippen MR) is 101 cm³/mol. The molecule has 1 amide bonds. The number of carbonyl (C=O) groups excluding carboxylic acids is 1. The second-order valence-electron chi connectivity index (χ2n) is 7.32. The molecule has 0 saturated carbocycles. The van der Waals surface area contributed by atoms with Crippen LogP contribution in [0, 0.1) is 0 Å². The molecule has 0 aliphatic carbocycles. The molecule has 1 aromatic carbocycles. The number of rotatable bonds is 4. The Bertz CT molecular complexity index is 1040. The average molecular weight is 400 g/mol. The minimum atomic E-state index is -3.61. The summed E-state index contributed by atoms with van der Waals surface area (Å²) in [6.07, 6.45) is 6.73. The normalized spacial score (nSPS) is 21.8. The largest absolute Gasteiger partial charge is 0.472 e. The molecule has 1 atom stereocenters. The van der Waals surface area contributed by atoms with Gasteiger partial charge in [0.25, 0.3) is 0 Å². The van der Waals surface area contributed by atoms with Gasteiger partial charge in [-0.25, -0.2) is 13.4 Å². The summed E-state index contributed by atoms with van der Waals surface area (Å²) >= 11 is 0. The highest BCUT2D eigenvalue weighted by Crippen LogP contribution is 2.39. The van der Waals surface area contributed by atoms with Crippen LogP contribution in [0.15, 0.2) is 35.6 Å². The molecule has 1 saturated heterocycles. The lowest BCUT2D eigenvalue weighted by molar-refractivity contribution is -0.118.